The lowest BCUT2D eigenvalue weighted by atomic mass is 10.1. The zero-order valence-electron chi connectivity index (χ0n) is 19.0. The lowest BCUT2D eigenvalue weighted by Gasteiger charge is -2.06. The highest BCUT2D eigenvalue weighted by Crippen LogP contribution is 2.11. The predicted octanol–water partition coefficient (Wildman–Crippen LogP) is 7.62. The van der Waals surface area contributed by atoms with E-state index in [1.54, 1.807) is 5.82 Å². The molecule has 0 N–H and O–H groups in total. The molecule has 0 aliphatic rings. The Morgan fingerprint density at radius 1 is 0.630 bits per heavy atom. The third kappa shape index (κ3) is 11.6. The van der Waals surface area contributed by atoms with Gasteiger partial charge in [0.15, 0.2) is 0 Å². The first-order valence-electron chi connectivity index (χ1n) is 12.4. The van der Waals surface area contributed by atoms with Crippen molar-refractivity contribution in [1.29, 1.82) is 0 Å². The number of unbranched alkanes of at least 4 members (excludes halogenated alkanes) is 13. The monoisotopic (exact) mass is 377 g/mol. The lowest BCUT2D eigenvalue weighted by Crippen LogP contribution is -2.37. The first kappa shape index (κ1) is 24.2. The van der Waals surface area contributed by atoms with Gasteiger partial charge in [0.2, 0.25) is 0 Å². The van der Waals surface area contributed by atoms with Crippen LogP contribution in [0.25, 0.3) is 0 Å². The maximum Gasteiger partial charge on any atom is 0.256 e. The average molecular weight is 378 g/mol. The molecular weight excluding hydrogens is 328 g/mol. The number of aromatic nitrogens is 2. The van der Waals surface area contributed by atoms with Gasteiger partial charge in [-0.1, -0.05) is 97.8 Å². The van der Waals surface area contributed by atoms with Crippen molar-refractivity contribution in [2.75, 3.05) is 0 Å². The molecule has 0 spiro atoms. The average Bonchev–Trinajstić information content (AvgIpc) is 3.06. The van der Waals surface area contributed by atoms with Crippen LogP contribution < -0.4 is 4.57 Å². The third-order valence-corrected chi connectivity index (χ3v) is 5.85. The van der Waals surface area contributed by atoms with Gasteiger partial charge in [0.1, 0.15) is 12.4 Å². The second-order valence-electron chi connectivity index (χ2n) is 8.45. The van der Waals surface area contributed by atoms with E-state index >= 15 is 0 Å². The van der Waals surface area contributed by atoms with Crippen LogP contribution in [0.4, 0.5) is 0 Å². The number of imidazole rings is 1. The molecule has 2 heteroatoms. The zero-order chi connectivity index (χ0) is 19.6. The van der Waals surface area contributed by atoms with Gasteiger partial charge >= 0.3 is 0 Å². The SMILES string of the molecule is CCCCCCCCCc1n(CCCC)cc[n+]1CCCCCCCCC. The molecule has 1 rings (SSSR count). The van der Waals surface area contributed by atoms with E-state index in [-0.39, 0.29) is 0 Å². The molecule has 0 saturated heterocycles. The van der Waals surface area contributed by atoms with E-state index in [0.29, 0.717) is 0 Å². The minimum absolute atomic E-state index is 1.20. The minimum atomic E-state index is 1.20. The summed E-state index contributed by atoms with van der Waals surface area (Å²) in [7, 11) is 0. The lowest BCUT2D eigenvalue weighted by molar-refractivity contribution is -0.704. The van der Waals surface area contributed by atoms with Crippen molar-refractivity contribution in [2.45, 2.75) is 143 Å². The predicted molar refractivity (Wildman–Crippen MR) is 119 cm³/mol. The minimum Gasteiger partial charge on any atom is -0.234 e. The summed E-state index contributed by atoms with van der Waals surface area (Å²) in [4.78, 5) is 0. The van der Waals surface area contributed by atoms with Gasteiger partial charge < -0.3 is 0 Å². The van der Waals surface area contributed by atoms with Crippen molar-refractivity contribution in [3.63, 3.8) is 0 Å². The highest BCUT2D eigenvalue weighted by Gasteiger charge is 2.16. The van der Waals surface area contributed by atoms with Crippen LogP contribution in [0.15, 0.2) is 12.4 Å². The Morgan fingerprint density at radius 3 is 1.74 bits per heavy atom. The Kier molecular flexibility index (Phi) is 15.6. The quantitative estimate of drug-likeness (QED) is 0.173. The Hall–Kier alpha value is -0.790. The summed E-state index contributed by atoms with van der Waals surface area (Å²) in [5, 5.41) is 0. The molecule has 158 valence electrons. The maximum atomic E-state index is 2.57. The Morgan fingerprint density at radius 2 is 1.15 bits per heavy atom. The van der Waals surface area contributed by atoms with Gasteiger partial charge in [0, 0.05) is 6.42 Å². The van der Waals surface area contributed by atoms with Crippen molar-refractivity contribution in [1.82, 2.24) is 4.57 Å². The second-order valence-corrected chi connectivity index (χ2v) is 8.45. The summed E-state index contributed by atoms with van der Waals surface area (Å²) >= 11 is 0. The van der Waals surface area contributed by atoms with Gasteiger partial charge in [-0.2, -0.15) is 0 Å². The number of nitrogens with zero attached hydrogens (tertiary/aromatic N) is 2. The smallest absolute Gasteiger partial charge is 0.234 e. The molecule has 0 atom stereocenters. The normalized spacial score (nSPS) is 11.4. The van der Waals surface area contributed by atoms with Gasteiger partial charge in [-0.25, -0.2) is 9.13 Å². The maximum absolute atomic E-state index is 2.57. The zero-order valence-corrected chi connectivity index (χ0v) is 19.0. The summed E-state index contributed by atoms with van der Waals surface area (Å²) in [5.41, 5.74) is 0. The van der Waals surface area contributed by atoms with Crippen molar-refractivity contribution in [3.8, 4) is 0 Å². The van der Waals surface area contributed by atoms with Gasteiger partial charge in [-0.15, -0.1) is 0 Å². The molecular formula is C25H49N2+. The van der Waals surface area contributed by atoms with E-state index in [1.165, 1.54) is 122 Å². The highest BCUT2D eigenvalue weighted by molar-refractivity contribution is 4.84. The van der Waals surface area contributed by atoms with Crippen LogP contribution in [-0.2, 0) is 19.5 Å². The summed E-state index contributed by atoms with van der Waals surface area (Å²) in [6, 6.07) is 0. The highest BCUT2D eigenvalue weighted by atomic mass is 15.1. The van der Waals surface area contributed by atoms with Gasteiger partial charge in [-0.05, 0) is 25.7 Å². The molecule has 27 heavy (non-hydrogen) atoms. The van der Waals surface area contributed by atoms with Crippen molar-refractivity contribution in [2.24, 2.45) is 0 Å². The van der Waals surface area contributed by atoms with Crippen LogP contribution in [0.5, 0.6) is 0 Å². The fourth-order valence-electron chi connectivity index (χ4n) is 4.00. The first-order valence-corrected chi connectivity index (χ1v) is 12.4. The fraction of sp³-hybridized carbons (Fsp3) is 0.880. The summed E-state index contributed by atoms with van der Waals surface area (Å²) in [5.74, 6) is 1.59. The molecule has 1 heterocycles. The van der Waals surface area contributed by atoms with Crippen LogP contribution in [0.1, 0.15) is 129 Å². The summed E-state index contributed by atoms with van der Waals surface area (Å²) < 4.78 is 5.11. The largest absolute Gasteiger partial charge is 0.256 e. The number of hydrogen-bond donors (Lipinski definition) is 0. The van der Waals surface area contributed by atoms with E-state index < -0.39 is 0 Å². The Labute approximate surface area is 170 Å². The molecule has 2 nitrogen and oxygen atoms in total. The Balaban J connectivity index is 2.36. The van der Waals surface area contributed by atoms with E-state index in [1.807, 2.05) is 0 Å². The van der Waals surface area contributed by atoms with E-state index in [2.05, 4.69) is 42.3 Å². The number of hydrogen-bond acceptors (Lipinski definition) is 0. The summed E-state index contributed by atoms with van der Waals surface area (Å²) in [6.07, 6.45) is 28.2. The molecule has 1 aromatic rings. The van der Waals surface area contributed by atoms with Crippen LogP contribution in [0.2, 0.25) is 0 Å². The Bertz CT molecular complexity index is 436. The van der Waals surface area contributed by atoms with E-state index in [0.717, 1.165) is 0 Å². The molecule has 0 saturated carbocycles. The fourth-order valence-corrected chi connectivity index (χ4v) is 4.00. The molecule has 0 unspecified atom stereocenters. The number of rotatable bonds is 19. The second kappa shape index (κ2) is 17.3. The standard InChI is InChI=1S/C25H49N2/c1-4-7-10-12-14-16-18-20-25-26(21-9-6-3)23-24-27(25)22-19-17-15-13-11-8-5-2/h23-24H,4-22H2,1-3H3/q+1. The van der Waals surface area contributed by atoms with Crippen LogP contribution in [0.3, 0.4) is 0 Å². The molecule has 0 fully saturated rings. The molecule has 0 aliphatic carbocycles. The summed E-state index contributed by atoms with van der Waals surface area (Å²) in [6.45, 7) is 9.32. The van der Waals surface area contributed by atoms with Gasteiger partial charge in [0.05, 0.1) is 13.1 Å². The number of aryl methyl sites for hydroxylation is 2. The topological polar surface area (TPSA) is 8.81 Å². The molecule has 0 radical (unpaired) electrons. The molecule has 1 aromatic heterocycles. The van der Waals surface area contributed by atoms with Crippen molar-refractivity contribution >= 4 is 0 Å². The van der Waals surface area contributed by atoms with Crippen LogP contribution in [0, 0.1) is 0 Å². The molecule has 0 amide bonds. The molecule has 0 aromatic carbocycles. The van der Waals surface area contributed by atoms with E-state index in [9.17, 15) is 0 Å². The molecule has 0 bridgehead atoms. The van der Waals surface area contributed by atoms with Gasteiger partial charge in [0.25, 0.3) is 5.82 Å². The van der Waals surface area contributed by atoms with Crippen molar-refractivity contribution in [3.05, 3.63) is 18.2 Å². The van der Waals surface area contributed by atoms with Crippen molar-refractivity contribution < 1.29 is 4.57 Å². The van der Waals surface area contributed by atoms with Crippen LogP contribution >= 0.6 is 0 Å². The van der Waals surface area contributed by atoms with Gasteiger partial charge in [-0.3, -0.25) is 0 Å². The van der Waals surface area contributed by atoms with Crippen LogP contribution in [-0.4, -0.2) is 4.57 Å². The van der Waals surface area contributed by atoms with E-state index in [4.69, 9.17) is 0 Å². The third-order valence-electron chi connectivity index (χ3n) is 5.85. The first-order chi connectivity index (χ1) is 13.3. The molecule has 0 aliphatic heterocycles.